The summed E-state index contributed by atoms with van der Waals surface area (Å²) in [5.74, 6) is 1.80. The lowest BCUT2D eigenvalue weighted by molar-refractivity contribution is -0.114. The third kappa shape index (κ3) is 5.38. The van der Waals surface area contributed by atoms with Gasteiger partial charge in [0.1, 0.15) is 18.2 Å². The smallest absolute Gasteiger partial charge is 0.222 e. The fourth-order valence-corrected chi connectivity index (χ4v) is 2.79. The van der Waals surface area contributed by atoms with Crippen molar-refractivity contribution >= 4 is 23.2 Å². The zero-order chi connectivity index (χ0) is 19.1. The van der Waals surface area contributed by atoms with Crippen LogP contribution in [0.2, 0.25) is 0 Å². The van der Waals surface area contributed by atoms with Crippen LogP contribution in [0.15, 0.2) is 30.5 Å². The molecule has 3 heterocycles. The third-order valence-electron chi connectivity index (χ3n) is 4.10. The van der Waals surface area contributed by atoms with E-state index < -0.39 is 0 Å². The van der Waals surface area contributed by atoms with Gasteiger partial charge in [0.2, 0.25) is 5.91 Å². The predicted octanol–water partition coefficient (Wildman–Crippen LogP) is 2.71. The minimum absolute atomic E-state index is 0.192. The summed E-state index contributed by atoms with van der Waals surface area (Å²) in [4.78, 5) is 20.2. The van der Waals surface area contributed by atoms with Gasteiger partial charge in [0.05, 0.1) is 25.1 Å². The highest BCUT2D eigenvalue weighted by molar-refractivity contribution is 5.88. The third-order valence-corrected chi connectivity index (χ3v) is 4.10. The van der Waals surface area contributed by atoms with Gasteiger partial charge >= 0.3 is 0 Å². The van der Waals surface area contributed by atoms with Gasteiger partial charge in [-0.3, -0.25) is 4.79 Å². The maximum atomic E-state index is 11.3. The van der Waals surface area contributed by atoms with Crippen LogP contribution in [0.4, 0.5) is 17.3 Å². The number of ether oxygens (including phenoxy) is 3. The molecule has 1 saturated heterocycles. The van der Waals surface area contributed by atoms with Gasteiger partial charge < -0.3 is 24.8 Å². The summed E-state index contributed by atoms with van der Waals surface area (Å²) in [5.41, 5.74) is 1.66. The molecule has 2 N–H and O–H groups in total. The number of nitrogens with one attached hydrogen (secondary N) is 2. The van der Waals surface area contributed by atoms with E-state index in [1.54, 1.807) is 19.4 Å². The van der Waals surface area contributed by atoms with E-state index in [0.29, 0.717) is 48.8 Å². The van der Waals surface area contributed by atoms with Crippen molar-refractivity contribution in [1.29, 1.82) is 0 Å². The Labute approximate surface area is 158 Å². The largest absolute Gasteiger partial charge is 0.487 e. The Balaban J connectivity index is 1.82. The monoisotopic (exact) mass is 372 g/mol. The normalized spacial score (nSPS) is 16.1. The van der Waals surface area contributed by atoms with Crippen LogP contribution in [-0.4, -0.2) is 49.4 Å². The molecule has 8 nitrogen and oxygen atoms in total. The first kappa shape index (κ1) is 19.1. The van der Waals surface area contributed by atoms with Gasteiger partial charge in [-0.2, -0.15) is 0 Å². The predicted molar refractivity (Wildman–Crippen MR) is 102 cm³/mol. The van der Waals surface area contributed by atoms with Crippen LogP contribution in [0.25, 0.3) is 0 Å². The zero-order valence-electron chi connectivity index (χ0n) is 15.5. The molecule has 8 heteroatoms. The molecule has 144 valence electrons. The first-order valence-corrected chi connectivity index (χ1v) is 8.87. The number of carbonyl (C=O) groups is 1. The molecule has 0 bridgehead atoms. The highest BCUT2D eigenvalue weighted by Gasteiger charge is 2.19. The summed E-state index contributed by atoms with van der Waals surface area (Å²) in [5, 5.41) is 5.94. The molecule has 0 radical (unpaired) electrons. The number of rotatable bonds is 8. The van der Waals surface area contributed by atoms with Gasteiger partial charge in [-0.25, -0.2) is 9.97 Å². The Hall–Kier alpha value is -2.71. The van der Waals surface area contributed by atoms with Crippen molar-refractivity contribution in [3.63, 3.8) is 0 Å². The Morgan fingerprint density at radius 3 is 2.96 bits per heavy atom. The second-order valence-electron chi connectivity index (χ2n) is 6.22. The van der Waals surface area contributed by atoms with Crippen molar-refractivity contribution in [2.45, 2.75) is 19.3 Å². The number of carbonyl (C=O) groups excluding carboxylic acids is 1. The molecular weight excluding hydrogens is 348 g/mol. The lowest BCUT2D eigenvalue weighted by Crippen LogP contribution is -2.10. The molecule has 1 amide bonds. The van der Waals surface area contributed by atoms with Gasteiger partial charge in [-0.05, 0) is 18.6 Å². The fraction of sp³-hybridized carbons (Fsp3) is 0.421. The van der Waals surface area contributed by atoms with Crippen molar-refractivity contribution in [2.24, 2.45) is 0 Å². The second kappa shape index (κ2) is 9.29. The Morgan fingerprint density at radius 2 is 2.22 bits per heavy atom. The fourth-order valence-electron chi connectivity index (χ4n) is 2.79. The summed E-state index contributed by atoms with van der Waals surface area (Å²) in [6, 6.07) is 7.58. The Morgan fingerprint density at radius 1 is 1.33 bits per heavy atom. The number of methoxy groups -OCH3 is 1. The molecule has 0 saturated carbocycles. The molecule has 1 unspecified atom stereocenters. The number of aromatic nitrogens is 2. The van der Waals surface area contributed by atoms with Crippen LogP contribution < -0.4 is 15.4 Å². The number of anilines is 3. The molecule has 1 fully saturated rings. The van der Waals surface area contributed by atoms with Crippen molar-refractivity contribution in [3.8, 4) is 5.75 Å². The highest BCUT2D eigenvalue weighted by Crippen LogP contribution is 2.30. The molecule has 27 heavy (non-hydrogen) atoms. The number of nitrogens with zero attached hydrogens (tertiary/aromatic N) is 2. The molecule has 0 aliphatic carbocycles. The topological polar surface area (TPSA) is 94.6 Å². The average Bonchev–Trinajstić information content (AvgIpc) is 3.18. The molecule has 2 aromatic heterocycles. The highest BCUT2D eigenvalue weighted by atomic mass is 16.5. The van der Waals surface area contributed by atoms with Crippen molar-refractivity contribution in [2.75, 3.05) is 44.2 Å². The van der Waals surface area contributed by atoms with Gasteiger partial charge in [-0.1, -0.05) is 6.07 Å². The minimum Gasteiger partial charge on any atom is -0.487 e. The van der Waals surface area contributed by atoms with Crippen LogP contribution in [0.3, 0.4) is 0 Å². The van der Waals surface area contributed by atoms with Crippen LogP contribution in [-0.2, 0) is 14.3 Å². The van der Waals surface area contributed by atoms with E-state index in [4.69, 9.17) is 19.2 Å². The lowest BCUT2D eigenvalue weighted by atomic mass is 10.0. The van der Waals surface area contributed by atoms with Gasteiger partial charge in [0.25, 0.3) is 0 Å². The quantitative estimate of drug-likeness (QED) is 0.688. The zero-order valence-corrected chi connectivity index (χ0v) is 15.5. The molecule has 1 aliphatic rings. The van der Waals surface area contributed by atoms with Crippen molar-refractivity contribution in [3.05, 3.63) is 36.2 Å². The van der Waals surface area contributed by atoms with Crippen LogP contribution in [0, 0.1) is 0 Å². The summed E-state index contributed by atoms with van der Waals surface area (Å²) in [6.07, 6.45) is 2.54. The first-order chi connectivity index (χ1) is 13.2. The summed E-state index contributed by atoms with van der Waals surface area (Å²) >= 11 is 0. The first-order valence-electron chi connectivity index (χ1n) is 8.87. The van der Waals surface area contributed by atoms with Crippen molar-refractivity contribution in [1.82, 2.24) is 9.97 Å². The molecule has 1 aliphatic heterocycles. The number of hydrogen-bond donors (Lipinski definition) is 2. The SMILES string of the molecule is COCCOc1cnc(NC(C)=O)cc1Nc1cccc(C2CCOC2)n1. The van der Waals surface area contributed by atoms with E-state index >= 15 is 0 Å². The van der Waals surface area contributed by atoms with E-state index in [1.165, 1.54) is 6.92 Å². The van der Waals surface area contributed by atoms with Gasteiger partial charge in [0.15, 0.2) is 5.75 Å². The molecule has 0 spiro atoms. The van der Waals surface area contributed by atoms with E-state index in [0.717, 1.165) is 18.7 Å². The summed E-state index contributed by atoms with van der Waals surface area (Å²) < 4.78 is 16.2. The Kier molecular flexibility index (Phi) is 6.56. The van der Waals surface area contributed by atoms with Gasteiger partial charge in [-0.15, -0.1) is 0 Å². The lowest BCUT2D eigenvalue weighted by Gasteiger charge is -2.15. The van der Waals surface area contributed by atoms with Crippen LogP contribution in [0.5, 0.6) is 5.75 Å². The number of hydrogen-bond acceptors (Lipinski definition) is 7. The van der Waals surface area contributed by atoms with E-state index in [-0.39, 0.29) is 5.91 Å². The summed E-state index contributed by atoms with van der Waals surface area (Å²) in [7, 11) is 1.61. The molecule has 0 aromatic carbocycles. The molecule has 1 atom stereocenters. The Bertz CT molecular complexity index is 778. The molecular formula is C19H24N4O4. The minimum atomic E-state index is -0.192. The maximum Gasteiger partial charge on any atom is 0.222 e. The van der Waals surface area contributed by atoms with E-state index in [2.05, 4.69) is 15.6 Å². The van der Waals surface area contributed by atoms with E-state index in [9.17, 15) is 4.79 Å². The standard InChI is InChI=1S/C19H24N4O4/c1-13(24)21-19-10-16(17(11-20-19)27-9-8-25-2)23-18-5-3-4-15(22-18)14-6-7-26-12-14/h3-5,10-11,14H,6-9,12H2,1-2H3,(H2,20,21,22,23,24). The van der Waals surface area contributed by atoms with E-state index in [1.807, 2.05) is 18.2 Å². The number of pyridine rings is 2. The average molecular weight is 372 g/mol. The van der Waals surface area contributed by atoms with Crippen LogP contribution >= 0.6 is 0 Å². The maximum absolute atomic E-state index is 11.3. The summed E-state index contributed by atoms with van der Waals surface area (Å²) in [6.45, 7) is 3.75. The van der Waals surface area contributed by atoms with Crippen LogP contribution in [0.1, 0.15) is 25.0 Å². The second-order valence-corrected chi connectivity index (χ2v) is 6.22. The van der Waals surface area contributed by atoms with Crippen molar-refractivity contribution < 1.29 is 19.0 Å². The number of amides is 1. The van der Waals surface area contributed by atoms with Gasteiger partial charge in [0, 0.05) is 38.3 Å². The molecule has 3 rings (SSSR count). The molecule has 2 aromatic rings.